The predicted molar refractivity (Wildman–Crippen MR) is 127 cm³/mol. The summed E-state index contributed by atoms with van der Waals surface area (Å²) in [6, 6.07) is 7.50. The van der Waals surface area contributed by atoms with E-state index in [9.17, 15) is 14.7 Å². The van der Waals surface area contributed by atoms with E-state index in [2.05, 4.69) is 27.2 Å². The zero-order valence-corrected chi connectivity index (χ0v) is 19.2. The lowest BCUT2D eigenvalue weighted by molar-refractivity contribution is 0.247. The van der Waals surface area contributed by atoms with Crippen molar-refractivity contribution in [2.45, 2.75) is 45.4 Å². The van der Waals surface area contributed by atoms with Gasteiger partial charge in [-0.05, 0) is 24.1 Å². The number of aromatic hydroxyl groups is 1. The predicted octanol–water partition coefficient (Wildman–Crippen LogP) is 4.31. The zero-order chi connectivity index (χ0) is 22.9. The number of urea groups is 1. The fraction of sp³-hybridized carbons (Fsp3) is 0.391. The number of carbonyl (C=O) groups excluding carboxylic acids is 1. The van der Waals surface area contributed by atoms with Gasteiger partial charge in [0.1, 0.15) is 5.82 Å². The zero-order valence-electron chi connectivity index (χ0n) is 18.4. The molecule has 1 aromatic carbocycles. The van der Waals surface area contributed by atoms with Gasteiger partial charge in [-0.15, -0.1) is 0 Å². The quantitative estimate of drug-likeness (QED) is 0.395. The Balaban J connectivity index is 1.60. The number of hydrogen-bond donors (Lipinski definition) is 3. The van der Waals surface area contributed by atoms with Gasteiger partial charge in [-0.2, -0.15) is 0 Å². The summed E-state index contributed by atoms with van der Waals surface area (Å²) in [5.74, 6) is 0.369. The molecule has 0 spiro atoms. The van der Waals surface area contributed by atoms with Gasteiger partial charge in [0, 0.05) is 43.7 Å². The van der Waals surface area contributed by atoms with Crippen molar-refractivity contribution >= 4 is 23.1 Å². The van der Waals surface area contributed by atoms with Crippen LogP contribution in [0.2, 0.25) is 0 Å². The third-order valence-corrected chi connectivity index (χ3v) is 6.02. The van der Waals surface area contributed by atoms with Crippen molar-refractivity contribution in [2.75, 3.05) is 18.5 Å². The number of nitrogens with one attached hydrogen (secondary N) is 2. The average Bonchev–Trinajstić information content (AvgIpc) is 3.12. The molecule has 0 bridgehead atoms. The van der Waals surface area contributed by atoms with Gasteiger partial charge in [-0.1, -0.05) is 56.1 Å². The number of carbonyl (C=O) groups is 1. The second-order valence-electron chi connectivity index (χ2n) is 7.61. The van der Waals surface area contributed by atoms with Crippen LogP contribution in [-0.2, 0) is 6.42 Å². The molecule has 9 heteroatoms. The number of aromatic nitrogens is 3. The first-order valence-corrected chi connectivity index (χ1v) is 11.6. The molecule has 0 aliphatic heterocycles. The number of hydrogen-bond acceptors (Lipinski definition) is 6. The highest BCUT2D eigenvalue weighted by Crippen LogP contribution is 2.24. The molecular formula is C23H29N5O3S. The van der Waals surface area contributed by atoms with Crippen LogP contribution in [0.1, 0.15) is 49.7 Å². The number of aromatic amines is 1. The van der Waals surface area contributed by atoms with Crippen LogP contribution in [0.3, 0.4) is 0 Å². The van der Waals surface area contributed by atoms with Crippen LogP contribution < -0.4 is 15.1 Å². The van der Waals surface area contributed by atoms with Gasteiger partial charge in [-0.25, -0.2) is 14.8 Å². The Morgan fingerprint density at radius 3 is 2.59 bits per heavy atom. The molecular weight excluding hydrogens is 426 g/mol. The highest BCUT2D eigenvalue weighted by atomic mass is 32.1. The molecule has 0 unspecified atom stereocenters. The van der Waals surface area contributed by atoms with Crippen LogP contribution in [0.25, 0.3) is 11.1 Å². The number of H-pyrrole nitrogens is 1. The van der Waals surface area contributed by atoms with E-state index < -0.39 is 0 Å². The van der Waals surface area contributed by atoms with Gasteiger partial charge in [0.2, 0.25) is 5.88 Å². The summed E-state index contributed by atoms with van der Waals surface area (Å²) in [5.41, 5.74) is 2.48. The first kappa shape index (κ1) is 23.5. The Kier molecular flexibility index (Phi) is 8.38. The third-order valence-electron chi connectivity index (χ3n) is 5.15. The first-order valence-electron chi connectivity index (χ1n) is 10.8. The van der Waals surface area contributed by atoms with E-state index in [4.69, 9.17) is 0 Å². The normalized spacial score (nSPS) is 10.8. The summed E-state index contributed by atoms with van der Waals surface area (Å²) in [6.45, 7) is 2.86. The number of benzene rings is 1. The van der Waals surface area contributed by atoms with E-state index in [1.54, 1.807) is 24.3 Å². The van der Waals surface area contributed by atoms with Gasteiger partial charge >= 0.3 is 10.9 Å². The molecule has 0 aliphatic rings. The molecule has 0 atom stereocenters. The molecule has 2 amide bonds. The van der Waals surface area contributed by atoms with Crippen molar-refractivity contribution < 1.29 is 9.90 Å². The topological polar surface area (TPSA) is 111 Å². The molecule has 0 radical (unpaired) electrons. The lowest BCUT2D eigenvalue weighted by atomic mass is 10.1. The number of amides is 2. The van der Waals surface area contributed by atoms with E-state index in [-0.39, 0.29) is 23.2 Å². The monoisotopic (exact) mass is 455 g/mol. The number of unbranched alkanes of at least 4 members (excludes halogenated alkanes) is 4. The molecule has 3 N–H and O–H groups in total. The third kappa shape index (κ3) is 6.40. The van der Waals surface area contributed by atoms with Crippen LogP contribution >= 0.6 is 11.3 Å². The summed E-state index contributed by atoms with van der Waals surface area (Å²) < 4.78 is 0. The second-order valence-corrected chi connectivity index (χ2v) is 8.67. The Morgan fingerprint density at radius 1 is 1.16 bits per heavy atom. The Bertz CT molecular complexity index is 1080. The van der Waals surface area contributed by atoms with Crippen LogP contribution in [-0.4, -0.2) is 39.7 Å². The number of nitrogens with zero attached hydrogens (tertiary/aromatic N) is 3. The fourth-order valence-electron chi connectivity index (χ4n) is 3.26. The van der Waals surface area contributed by atoms with Crippen molar-refractivity contribution in [2.24, 2.45) is 0 Å². The van der Waals surface area contributed by atoms with Crippen molar-refractivity contribution in [3.63, 3.8) is 0 Å². The van der Waals surface area contributed by atoms with E-state index in [0.29, 0.717) is 17.2 Å². The van der Waals surface area contributed by atoms with Gasteiger partial charge in [0.25, 0.3) is 0 Å². The molecule has 3 rings (SSSR count). The molecule has 32 heavy (non-hydrogen) atoms. The largest absolute Gasteiger partial charge is 0.494 e. The lowest BCUT2D eigenvalue weighted by Crippen LogP contribution is -2.37. The molecule has 0 aliphatic carbocycles. The minimum atomic E-state index is -0.310. The lowest BCUT2D eigenvalue weighted by Gasteiger charge is -2.19. The van der Waals surface area contributed by atoms with E-state index in [1.165, 1.54) is 19.3 Å². The summed E-state index contributed by atoms with van der Waals surface area (Å²) in [6.07, 6.45) is 9.44. The minimum absolute atomic E-state index is 0.130. The van der Waals surface area contributed by atoms with Crippen LogP contribution in [0, 0.1) is 0 Å². The highest BCUT2D eigenvalue weighted by molar-refractivity contribution is 7.09. The molecule has 0 fully saturated rings. The van der Waals surface area contributed by atoms with Crippen molar-refractivity contribution in [1.29, 1.82) is 0 Å². The summed E-state index contributed by atoms with van der Waals surface area (Å²) in [7, 11) is 1.75. The molecule has 170 valence electrons. The van der Waals surface area contributed by atoms with E-state index >= 15 is 0 Å². The SMILES string of the molecule is CCCCCCCNC(=O)N(C)c1cccc(-c2cnc(Cc3sc(=O)[nH]c3O)nc2)c1. The van der Waals surface area contributed by atoms with E-state index in [1.807, 2.05) is 24.3 Å². The molecule has 2 aromatic heterocycles. The fourth-order valence-corrected chi connectivity index (χ4v) is 3.98. The van der Waals surface area contributed by atoms with Gasteiger partial charge in [0.15, 0.2) is 0 Å². The van der Waals surface area contributed by atoms with Crippen molar-refractivity contribution in [3.05, 3.63) is 57.0 Å². The summed E-state index contributed by atoms with van der Waals surface area (Å²) >= 11 is 0.943. The second kappa shape index (κ2) is 11.4. The van der Waals surface area contributed by atoms with Crippen molar-refractivity contribution in [3.8, 4) is 17.0 Å². The highest BCUT2D eigenvalue weighted by Gasteiger charge is 2.12. The molecule has 2 heterocycles. The van der Waals surface area contributed by atoms with Crippen molar-refractivity contribution in [1.82, 2.24) is 20.3 Å². The van der Waals surface area contributed by atoms with Crippen LogP contribution in [0.15, 0.2) is 41.5 Å². The van der Waals surface area contributed by atoms with Crippen LogP contribution in [0.5, 0.6) is 5.88 Å². The standard InChI is InChI=1S/C23H29N5O3S/c1-3-4-5-6-7-11-24-22(30)28(2)18-10-8-9-16(12-18)17-14-25-20(26-15-17)13-19-21(29)27-23(31)32-19/h8-10,12,14-15,29H,3-7,11,13H2,1-2H3,(H,24,30)(H,27,31). The van der Waals surface area contributed by atoms with Crippen LogP contribution in [0.4, 0.5) is 10.5 Å². The molecule has 0 saturated carbocycles. The first-order chi connectivity index (χ1) is 15.5. The van der Waals surface area contributed by atoms with Gasteiger partial charge in [0.05, 0.1) is 4.88 Å². The molecule has 0 saturated heterocycles. The number of thiazole rings is 1. The Labute approximate surface area is 191 Å². The molecule has 3 aromatic rings. The Hall–Kier alpha value is -3.20. The molecule has 8 nitrogen and oxygen atoms in total. The smallest absolute Gasteiger partial charge is 0.321 e. The van der Waals surface area contributed by atoms with Gasteiger partial charge in [-0.3, -0.25) is 14.7 Å². The van der Waals surface area contributed by atoms with E-state index in [0.717, 1.165) is 41.0 Å². The summed E-state index contributed by atoms with van der Waals surface area (Å²) in [4.78, 5) is 36.6. The summed E-state index contributed by atoms with van der Waals surface area (Å²) in [5, 5.41) is 12.7. The number of anilines is 1. The maximum absolute atomic E-state index is 12.5. The maximum Gasteiger partial charge on any atom is 0.321 e. The average molecular weight is 456 g/mol. The maximum atomic E-state index is 12.5. The minimum Gasteiger partial charge on any atom is -0.494 e. The van der Waals surface area contributed by atoms with Gasteiger partial charge < -0.3 is 10.4 Å². The Morgan fingerprint density at radius 2 is 1.91 bits per heavy atom. The number of rotatable bonds is 10.